The first-order valence-corrected chi connectivity index (χ1v) is 11.3. The summed E-state index contributed by atoms with van der Waals surface area (Å²) in [6.45, 7) is 2.70. The lowest BCUT2D eigenvalue weighted by atomic mass is 10.1. The van der Waals surface area contributed by atoms with Crippen molar-refractivity contribution in [3.8, 4) is 11.8 Å². The molecule has 0 amide bonds. The standard InChI is InChI=1S/C24H26N8O2/c1-3-4-12-31-20-21(28-23(31)30-13-8-7-11-18(30)25)29(2)24(34)32(22(20)33)15-19-26-14-16-9-5-6-10-17(16)27-19/h5-6,9-10,14,18H,7-8,11-13,15,25H2,1-2H3/t18-/m1/s1. The molecular formula is C24H26N8O2. The Hall–Kier alpha value is -3.97. The number of imidazole rings is 1. The van der Waals surface area contributed by atoms with Crippen LogP contribution in [0.5, 0.6) is 0 Å². The summed E-state index contributed by atoms with van der Waals surface area (Å²) in [5, 5.41) is 0.890. The molecule has 0 unspecified atom stereocenters. The minimum absolute atomic E-state index is 0.0462. The molecule has 0 radical (unpaired) electrons. The summed E-state index contributed by atoms with van der Waals surface area (Å²) in [6.07, 6.45) is 4.36. The molecule has 10 heteroatoms. The molecule has 4 heterocycles. The van der Waals surface area contributed by atoms with Gasteiger partial charge in [-0.2, -0.15) is 4.98 Å². The third-order valence-corrected chi connectivity index (χ3v) is 6.27. The molecule has 1 aliphatic heterocycles. The summed E-state index contributed by atoms with van der Waals surface area (Å²) in [5.74, 6) is 6.87. The van der Waals surface area contributed by atoms with Gasteiger partial charge in [-0.1, -0.05) is 24.1 Å². The van der Waals surface area contributed by atoms with E-state index in [2.05, 4.69) is 21.8 Å². The van der Waals surface area contributed by atoms with Crippen molar-refractivity contribution in [2.45, 2.75) is 45.4 Å². The second-order valence-corrected chi connectivity index (χ2v) is 8.43. The summed E-state index contributed by atoms with van der Waals surface area (Å²) in [4.78, 5) is 42.5. The first kappa shape index (κ1) is 21.9. The normalized spacial score (nSPS) is 16.1. The smallest absolute Gasteiger partial charge is 0.327 e. The maximum atomic E-state index is 13.7. The number of rotatable bonds is 4. The van der Waals surface area contributed by atoms with Crippen LogP contribution in [0.25, 0.3) is 22.1 Å². The average molecular weight is 459 g/mol. The van der Waals surface area contributed by atoms with E-state index < -0.39 is 11.2 Å². The van der Waals surface area contributed by atoms with E-state index >= 15 is 0 Å². The number of para-hydroxylation sites is 1. The van der Waals surface area contributed by atoms with Gasteiger partial charge in [0, 0.05) is 25.2 Å². The summed E-state index contributed by atoms with van der Waals surface area (Å²) >= 11 is 0. The van der Waals surface area contributed by atoms with E-state index in [1.54, 1.807) is 24.7 Å². The molecule has 174 valence electrons. The Labute approximate surface area is 195 Å². The Morgan fingerprint density at radius 2 is 1.97 bits per heavy atom. The Morgan fingerprint density at radius 3 is 2.76 bits per heavy atom. The summed E-state index contributed by atoms with van der Waals surface area (Å²) in [5.41, 5.74) is 6.84. The molecule has 1 aliphatic rings. The fourth-order valence-corrected chi connectivity index (χ4v) is 4.46. The van der Waals surface area contributed by atoms with Crippen LogP contribution >= 0.6 is 0 Å². The minimum atomic E-state index is -0.477. The second-order valence-electron chi connectivity index (χ2n) is 8.43. The zero-order chi connectivity index (χ0) is 23.8. The van der Waals surface area contributed by atoms with E-state index in [0.717, 1.165) is 41.3 Å². The number of hydrogen-bond donors (Lipinski definition) is 1. The molecule has 10 nitrogen and oxygen atoms in total. The molecule has 1 fully saturated rings. The van der Waals surface area contributed by atoms with Crippen LogP contribution in [0.3, 0.4) is 0 Å². The minimum Gasteiger partial charge on any atom is -0.327 e. The van der Waals surface area contributed by atoms with Gasteiger partial charge in [-0.05, 0) is 32.3 Å². The van der Waals surface area contributed by atoms with Crippen LogP contribution in [0, 0.1) is 11.8 Å². The van der Waals surface area contributed by atoms with Crippen molar-refractivity contribution in [3.05, 3.63) is 57.1 Å². The van der Waals surface area contributed by atoms with Gasteiger partial charge in [0.25, 0.3) is 5.56 Å². The van der Waals surface area contributed by atoms with Crippen molar-refractivity contribution in [2.24, 2.45) is 12.8 Å². The highest BCUT2D eigenvalue weighted by Crippen LogP contribution is 2.25. The number of aromatic nitrogens is 6. The molecule has 4 aromatic rings. The number of nitrogens with zero attached hydrogens (tertiary/aromatic N) is 7. The lowest BCUT2D eigenvalue weighted by Crippen LogP contribution is -2.46. The number of nitrogens with two attached hydrogens (primary N) is 1. The van der Waals surface area contributed by atoms with Gasteiger partial charge in [-0.25, -0.2) is 14.8 Å². The van der Waals surface area contributed by atoms with Crippen LogP contribution < -0.4 is 21.9 Å². The fourth-order valence-electron chi connectivity index (χ4n) is 4.46. The zero-order valence-electron chi connectivity index (χ0n) is 19.2. The van der Waals surface area contributed by atoms with Crippen molar-refractivity contribution in [3.63, 3.8) is 0 Å². The van der Waals surface area contributed by atoms with Crippen LogP contribution in [-0.2, 0) is 20.1 Å². The molecule has 0 spiro atoms. The topological polar surface area (TPSA) is 117 Å². The molecule has 34 heavy (non-hydrogen) atoms. The number of anilines is 1. The van der Waals surface area contributed by atoms with Crippen LogP contribution in [0.2, 0.25) is 0 Å². The molecule has 5 rings (SSSR count). The molecule has 1 saturated heterocycles. The number of benzene rings is 1. The molecule has 0 aliphatic carbocycles. The maximum Gasteiger partial charge on any atom is 0.332 e. The van der Waals surface area contributed by atoms with Gasteiger partial charge in [0.15, 0.2) is 11.2 Å². The number of fused-ring (bicyclic) bond motifs is 2. The van der Waals surface area contributed by atoms with E-state index in [1.165, 1.54) is 4.57 Å². The van der Waals surface area contributed by atoms with Crippen molar-refractivity contribution in [1.29, 1.82) is 0 Å². The van der Waals surface area contributed by atoms with Gasteiger partial charge in [-0.3, -0.25) is 18.5 Å². The van der Waals surface area contributed by atoms with Gasteiger partial charge in [-0.15, -0.1) is 5.92 Å². The molecule has 1 atom stereocenters. The third kappa shape index (κ3) is 3.64. The van der Waals surface area contributed by atoms with E-state index in [9.17, 15) is 9.59 Å². The molecule has 3 aromatic heterocycles. The summed E-state index contributed by atoms with van der Waals surface area (Å²) in [6, 6.07) is 7.58. The lowest BCUT2D eigenvalue weighted by molar-refractivity contribution is 0.458. The number of piperidine rings is 1. The number of hydrogen-bond acceptors (Lipinski definition) is 7. The van der Waals surface area contributed by atoms with E-state index in [-0.39, 0.29) is 19.3 Å². The van der Waals surface area contributed by atoms with Gasteiger partial charge in [0.2, 0.25) is 5.95 Å². The van der Waals surface area contributed by atoms with Crippen molar-refractivity contribution in [2.75, 3.05) is 11.4 Å². The highest BCUT2D eigenvalue weighted by Gasteiger charge is 2.27. The highest BCUT2D eigenvalue weighted by molar-refractivity contribution is 5.77. The van der Waals surface area contributed by atoms with Crippen molar-refractivity contribution < 1.29 is 0 Å². The van der Waals surface area contributed by atoms with Crippen molar-refractivity contribution >= 4 is 28.0 Å². The molecule has 0 bridgehead atoms. The zero-order valence-corrected chi connectivity index (χ0v) is 19.2. The maximum absolute atomic E-state index is 13.7. The van der Waals surface area contributed by atoms with Crippen LogP contribution in [0.1, 0.15) is 32.0 Å². The molecule has 0 saturated carbocycles. The van der Waals surface area contributed by atoms with Crippen LogP contribution in [-0.4, -0.2) is 41.4 Å². The Kier molecular flexibility index (Phi) is 5.63. The summed E-state index contributed by atoms with van der Waals surface area (Å²) < 4.78 is 4.33. The SMILES string of the molecule is CC#CCn1c(N2CCCC[C@@H]2N)nc2c1c(=O)n(Cc1ncc3ccccc3n1)c(=O)n2C. The van der Waals surface area contributed by atoms with E-state index in [4.69, 9.17) is 10.7 Å². The number of aryl methyl sites for hydroxylation is 1. The van der Waals surface area contributed by atoms with Crippen LogP contribution in [0.4, 0.5) is 5.95 Å². The Balaban J connectivity index is 1.69. The van der Waals surface area contributed by atoms with E-state index in [1.807, 2.05) is 29.2 Å². The van der Waals surface area contributed by atoms with Gasteiger partial charge < -0.3 is 10.6 Å². The third-order valence-electron chi connectivity index (χ3n) is 6.27. The first-order valence-electron chi connectivity index (χ1n) is 11.3. The average Bonchev–Trinajstić information content (AvgIpc) is 3.23. The first-order chi connectivity index (χ1) is 16.5. The fraction of sp³-hybridized carbons (Fsp3) is 0.375. The predicted octanol–water partition coefficient (Wildman–Crippen LogP) is 1.19. The molecule has 2 N–H and O–H groups in total. The lowest BCUT2D eigenvalue weighted by Gasteiger charge is -2.33. The Morgan fingerprint density at radius 1 is 1.15 bits per heavy atom. The Bertz CT molecular complexity index is 1570. The predicted molar refractivity (Wildman–Crippen MR) is 130 cm³/mol. The van der Waals surface area contributed by atoms with Crippen molar-refractivity contribution in [1.82, 2.24) is 28.7 Å². The summed E-state index contributed by atoms with van der Waals surface area (Å²) in [7, 11) is 1.62. The molecule has 1 aromatic carbocycles. The molecular weight excluding hydrogens is 432 g/mol. The highest BCUT2D eigenvalue weighted by atomic mass is 16.2. The van der Waals surface area contributed by atoms with Gasteiger partial charge >= 0.3 is 5.69 Å². The van der Waals surface area contributed by atoms with E-state index in [0.29, 0.717) is 22.9 Å². The largest absolute Gasteiger partial charge is 0.332 e. The van der Waals surface area contributed by atoms with Crippen LogP contribution in [0.15, 0.2) is 40.1 Å². The van der Waals surface area contributed by atoms with Gasteiger partial charge in [0.1, 0.15) is 5.82 Å². The van der Waals surface area contributed by atoms with Gasteiger partial charge in [0.05, 0.1) is 24.8 Å². The monoisotopic (exact) mass is 458 g/mol. The second kappa shape index (κ2) is 8.76. The quantitative estimate of drug-likeness (QED) is 0.457.